The number of nitrogens with one attached hydrogen (secondary N) is 1. The monoisotopic (exact) mass is 262 g/mol. The van der Waals surface area contributed by atoms with E-state index in [1.165, 1.54) is 0 Å². The van der Waals surface area contributed by atoms with Crippen molar-refractivity contribution in [2.75, 3.05) is 18.2 Å². The topological polar surface area (TPSA) is 47.3 Å². The van der Waals surface area contributed by atoms with Gasteiger partial charge in [0.2, 0.25) is 0 Å². The molecule has 2 aromatic rings. The highest BCUT2D eigenvalue weighted by molar-refractivity contribution is 6.31. The quantitative estimate of drug-likeness (QED) is 0.823. The summed E-state index contributed by atoms with van der Waals surface area (Å²) in [5, 5.41) is 3.93. The molecule has 3 nitrogen and oxygen atoms in total. The second kappa shape index (κ2) is 5.19. The molecule has 0 fully saturated rings. The van der Waals surface area contributed by atoms with Crippen molar-refractivity contribution in [2.45, 2.75) is 6.92 Å². The lowest BCUT2D eigenvalue weighted by atomic mass is 10.2. The molecular weight excluding hydrogens is 248 g/mol. The van der Waals surface area contributed by atoms with Crippen LogP contribution < -0.4 is 15.8 Å². The van der Waals surface area contributed by atoms with Crippen LogP contribution in [-0.4, -0.2) is 7.11 Å². The molecule has 2 rings (SSSR count). The first-order chi connectivity index (χ1) is 8.61. The lowest BCUT2D eigenvalue weighted by Crippen LogP contribution is -1.98. The van der Waals surface area contributed by atoms with Crippen LogP contribution in [0.3, 0.4) is 0 Å². The molecule has 3 N–H and O–H groups in total. The number of anilines is 3. The van der Waals surface area contributed by atoms with Crippen LogP contribution in [0.4, 0.5) is 17.1 Å². The minimum Gasteiger partial charge on any atom is -0.495 e. The van der Waals surface area contributed by atoms with Gasteiger partial charge in [-0.3, -0.25) is 0 Å². The van der Waals surface area contributed by atoms with Gasteiger partial charge in [0.15, 0.2) is 0 Å². The summed E-state index contributed by atoms with van der Waals surface area (Å²) >= 11 is 6.07. The minimum absolute atomic E-state index is 0.679. The van der Waals surface area contributed by atoms with Crippen LogP contribution in [0.25, 0.3) is 0 Å². The second-order valence-corrected chi connectivity index (χ2v) is 4.42. The predicted molar refractivity (Wildman–Crippen MR) is 76.9 cm³/mol. The minimum atomic E-state index is 0.679. The third kappa shape index (κ3) is 2.51. The number of ether oxygens (including phenoxy) is 1. The molecule has 0 heterocycles. The van der Waals surface area contributed by atoms with Gasteiger partial charge >= 0.3 is 0 Å². The molecule has 0 saturated carbocycles. The number of hydrogen-bond donors (Lipinski definition) is 2. The van der Waals surface area contributed by atoms with Crippen LogP contribution in [-0.2, 0) is 0 Å². The first kappa shape index (κ1) is 12.6. The van der Waals surface area contributed by atoms with Crippen molar-refractivity contribution < 1.29 is 4.74 Å². The standard InChI is InChI=1S/C14H15ClN2O/c1-9-7-13(14(18-2)8-10(9)15)17-12-6-4-3-5-11(12)16/h3-8,17H,16H2,1-2H3. The number of methoxy groups -OCH3 is 1. The molecule has 0 atom stereocenters. The second-order valence-electron chi connectivity index (χ2n) is 4.01. The summed E-state index contributed by atoms with van der Waals surface area (Å²) in [6, 6.07) is 11.3. The van der Waals surface area contributed by atoms with Crippen molar-refractivity contribution in [3.63, 3.8) is 0 Å². The SMILES string of the molecule is COc1cc(Cl)c(C)cc1Nc1ccccc1N. The molecule has 0 bridgehead atoms. The van der Waals surface area contributed by atoms with Crippen molar-refractivity contribution in [1.82, 2.24) is 0 Å². The molecule has 0 unspecified atom stereocenters. The van der Waals surface area contributed by atoms with Gasteiger partial charge in [0.05, 0.1) is 24.2 Å². The molecule has 0 saturated heterocycles. The van der Waals surface area contributed by atoms with Gasteiger partial charge in [0, 0.05) is 11.1 Å². The van der Waals surface area contributed by atoms with Crippen molar-refractivity contribution >= 4 is 28.7 Å². The van der Waals surface area contributed by atoms with Gasteiger partial charge in [-0.05, 0) is 30.7 Å². The van der Waals surface area contributed by atoms with Gasteiger partial charge in [-0.15, -0.1) is 0 Å². The van der Waals surface area contributed by atoms with Gasteiger partial charge in [0.25, 0.3) is 0 Å². The zero-order valence-corrected chi connectivity index (χ0v) is 11.1. The highest BCUT2D eigenvalue weighted by Gasteiger charge is 2.08. The summed E-state index contributed by atoms with van der Waals surface area (Å²) in [6.07, 6.45) is 0. The maximum absolute atomic E-state index is 6.07. The highest BCUT2D eigenvalue weighted by atomic mass is 35.5. The molecule has 0 aromatic heterocycles. The number of para-hydroxylation sites is 2. The van der Waals surface area contributed by atoms with Crippen molar-refractivity contribution in [3.05, 3.63) is 47.0 Å². The molecule has 0 amide bonds. The molecule has 2 aromatic carbocycles. The zero-order valence-electron chi connectivity index (χ0n) is 10.3. The van der Waals surface area contributed by atoms with E-state index in [1.807, 2.05) is 37.3 Å². The van der Waals surface area contributed by atoms with E-state index in [0.29, 0.717) is 16.5 Å². The maximum Gasteiger partial charge on any atom is 0.143 e. The lowest BCUT2D eigenvalue weighted by molar-refractivity contribution is 0.417. The van der Waals surface area contributed by atoms with Crippen molar-refractivity contribution in [1.29, 1.82) is 0 Å². The average molecular weight is 263 g/mol. The third-order valence-electron chi connectivity index (χ3n) is 2.71. The van der Waals surface area contributed by atoms with Gasteiger partial charge < -0.3 is 15.8 Å². The Morgan fingerprint density at radius 3 is 2.56 bits per heavy atom. The Labute approximate surface area is 112 Å². The van der Waals surface area contributed by atoms with Crippen LogP contribution >= 0.6 is 11.6 Å². The largest absolute Gasteiger partial charge is 0.495 e. The Balaban J connectivity index is 2.40. The Morgan fingerprint density at radius 1 is 1.17 bits per heavy atom. The number of benzene rings is 2. The first-order valence-corrected chi connectivity index (χ1v) is 5.95. The van der Waals surface area contributed by atoms with Crippen LogP contribution in [0.5, 0.6) is 5.75 Å². The summed E-state index contributed by atoms with van der Waals surface area (Å²) in [5.41, 5.74) is 9.26. The number of hydrogen-bond acceptors (Lipinski definition) is 3. The van der Waals surface area contributed by atoms with Gasteiger partial charge in [-0.25, -0.2) is 0 Å². The Morgan fingerprint density at radius 2 is 1.89 bits per heavy atom. The Bertz CT molecular complexity index is 570. The molecule has 4 heteroatoms. The number of nitrogens with two attached hydrogens (primary N) is 1. The lowest BCUT2D eigenvalue weighted by Gasteiger charge is -2.14. The van der Waals surface area contributed by atoms with Crippen LogP contribution in [0.1, 0.15) is 5.56 Å². The van der Waals surface area contributed by atoms with Gasteiger partial charge in [0.1, 0.15) is 5.75 Å². The van der Waals surface area contributed by atoms with E-state index in [1.54, 1.807) is 13.2 Å². The van der Waals surface area contributed by atoms with Crippen LogP contribution in [0.2, 0.25) is 5.02 Å². The molecule has 0 spiro atoms. The van der Waals surface area contributed by atoms with Gasteiger partial charge in [-0.1, -0.05) is 23.7 Å². The molecule has 0 radical (unpaired) electrons. The highest BCUT2D eigenvalue weighted by Crippen LogP contribution is 2.34. The van der Waals surface area contributed by atoms with Crippen LogP contribution in [0, 0.1) is 6.92 Å². The summed E-state index contributed by atoms with van der Waals surface area (Å²) in [5.74, 6) is 0.689. The summed E-state index contributed by atoms with van der Waals surface area (Å²) in [6.45, 7) is 1.95. The van der Waals surface area contributed by atoms with E-state index in [4.69, 9.17) is 22.1 Å². The van der Waals surface area contributed by atoms with Crippen molar-refractivity contribution in [3.8, 4) is 5.75 Å². The number of halogens is 1. The van der Waals surface area contributed by atoms with E-state index >= 15 is 0 Å². The van der Waals surface area contributed by atoms with E-state index in [0.717, 1.165) is 16.9 Å². The fraction of sp³-hybridized carbons (Fsp3) is 0.143. The first-order valence-electron chi connectivity index (χ1n) is 5.57. The van der Waals surface area contributed by atoms with E-state index in [9.17, 15) is 0 Å². The molecule has 0 aliphatic rings. The average Bonchev–Trinajstić information content (AvgIpc) is 2.36. The summed E-state index contributed by atoms with van der Waals surface area (Å²) in [4.78, 5) is 0. The number of aryl methyl sites for hydroxylation is 1. The fourth-order valence-electron chi connectivity index (χ4n) is 1.69. The predicted octanol–water partition coefficient (Wildman–Crippen LogP) is 3.98. The molecule has 0 aliphatic carbocycles. The third-order valence-corrected chi connectivity index (χ3v) is 3.12. The number of nitrogen functional groups attached to an aromatic ring is 1. The molecule has 94 valence electrons. The van der Waals surface area contributed by atoms with E-state index < -0.39 is 0 Å². The maximum atomic E-state index is 6.07. The molecular formula is C14H15ClN2O. The van der Waals surface area contributed by atoms with Gasteiger partial charge in [-0.2, -0.15) is 0 Å². The Hall–Kier alpha value is -1.87. The normalized spacial score (nSPS) is 10.2. The molecule has 0 aliphatic heterocycles. The van der Waals surface area contributed by atoms with Crippen LogP contribution in [0.15, 0.2) is 36.4 Å². The number of rotatable bonds is 3. The van der Waals surface area contributed by atoms with E-state index in [2.05, 4.69) is 5.32 Å². The van der Waals surface area contributed by atoms with Crippen molar-refractivity contribution in [2.24, 2.45) is 0 Å². The van der Waals surface area contributed by atoms with E-state index in [-0.39, 0.29) is 0 Å². The smallest absolute Gasteiger partial charge is 0.143 e. The zero-order chi connectivity index (χ0) is 13.1. The molecule has 18 heavy (non-hydrogen) atoms. The fourth-order valence-corrected chi connectivity index (χ4v) is 1.84. The summed E-state index contributed by atoms with van der Waals surface area (Å²) < 4.78 is 5.31. The Kier molecular flexibility index (Phi) is 3.63. The summed E-state index contributed by atoms with van der Waals surface area (Å²) in [7, 11) is 1.61.